The van der Waals surface area contributed by atoms with Gasteiger partial charge in [-0.2, -0.15) is 0 Å². The predicted octanol–water partition coefficient (Wildman–Crippen LogP) is 3.59. The zero-order valence-corrected chi connectivity index (χ0v) is 11.7. The van der Waals surface area contributed by atoms with Crippen molar-refractivity contribution in [2.45, 2.75) is 24.0 Å². The van der Waals surface area contributed by atoms with Crippen molar-refractivity contribution in [1.29, 1.82) is 0 Å². The number of nitro benzene ring substituents is 1. The normalized spacial score (nSPS) is 12.5. The maximum absolute atomic E-state index is 13.4. The second kappa shape index (κ2) is 6.21. The topological polar surface area (TPSA) is 80.4 Å². The molecule has 1 unspecified atom stereocenters. The van der Waals surface area contributed by atoms with Crippen molar-refractivity contribution < 1.29 is 19.2 Å². The van der Waals surface area contributed by atoms with Crippen LogP contribution in [0.2, 0.25) is 5.02 Å². The van der Waals surface area contributed by atoms with Crippen LogP contribution in [0.3, 0.4) is 0 Å². The lowest BCUT2D eigenvalue weighted by Gasteiger charge is -2.15. The van der Waals surface area contributed by atoms with E-state index in [1.807, 2.05) is 0 Å². The van der Waals surface area contributed by atoms with E-state index in [-0.39, 0.29) is 15.8 Å². The highest BCUT2D eigenvalue weighted by Gasteiger charge is 2.27. The second-order valence-corrected chi connectivity index (χ2v) is 5.70. The second-order valence-electron chi connectivity index (χ2n) is 4.11. The molecular weight excluding hydrogens is 297 g/mol. The summed E-state index contributed by atoms with van der Waals surface area (Å²) in [5, 5.41) is 18.6. The van der Waals surface area contributed by atoms with E-state index < -0.39 is 27.6 Å². The SMILES string of the molecule is CC(C)C(Sc1cc(F)c(Cl)cc1[N+](=O)[O-])C(=O)O. The number of thioether (sulfide) groups is 1. The lowest BCUT2D eigenvalue weighted by molar-refractivity contribution is -0.387. The Kier molecular flexibility index (Phi) is 5.13. The molecule has 1 N–H and O–H groups in total. The highest BCUT2D eigenvalue weighted by molar-refractivity contribution is 8.00. The summed E-state index contributed by atoms with van der Waals surface area (Å²) in [6, 6.07) is 1.78. The maximum Gasteiger partial charge on any atom is 0.317 e. The van der Waals surface area contributed by atoms with Crippen LogP contribution in [0.15, 0.2) is 17.0 Å². The molecule has 104 valence electrons. The van der Waals surface area contributed by atoms with Crippen molar-refractivity contribution in [1.82, 2.24) is 0 Å². The van der Waals surface area contributed by atoms with Crippen LogP contribution in [0, 0.1) is 21.8 Å². The van der Waals surface area contributed by atoms with Gasteiger partial charge >= 0.3 is 5.97 Å². The number of hydrogen-bond acceptors (Lipinski definition) is 4. The van der Waals surface area contributed by atoms with Gasteiger partial charge in [0.05, 0.1) is 14.8 Å². The highest BCUT2D eigenvalue weighted by atomic mass is 35.5. The van der Waals surface area contributed by atoms with Crippen LogP contribution in [0.5, 0.6) is 0 Å². The molecule has 8 heteroatoms. The first kappa shape index (κ1) is 15.7. The van der Waals surface area contributed by atoms with E-state index in [9.17, 15) is 19.3 Å². The Labute approximate surface area is 117 Å². The Morgan fingerprint density at radius 1 is 1.53 bits per heavy atom. The molecule has 0 aliphatic rings. The van der Waals surface area contributed by atoms with E-state index in [1.165, 1.54) is 0 Å². The van der Waals surface area contributed by atoms with Crippen LogP contribution >= 0.6 is 23.4 Å². The molecule has 0 aromatic heterocycles. The number of hydrogen-bond donors (Lipinski definition) is 1. The Hall–Kier alpha value is -1.34. The number of benzene rings is 1. The maximum atomic E-state index is 13.4. The number of nitrogens with zero attached hydrogens (tertiary/aromatic N) is 1. The minimum absolute atomic E-state index is 0.0481. The van der Waals surface area contributed by atoms with Gasteiger partial charge in [-0.3, -0.25) is 14.9 Å². The monoisotopic (exact) mass is 307 g/mol. The average molecular weight is 308 g/mol. The quantitative estimate of drug-likeness (QED) is 0.511. The first-order valence-corrected chi connectivity index (χ1v) is 6.52. The molecule has 1 aromatic carbocycles. The summed E-state index contributed by atoms with van der Waals surface area (Å²) >= 11 is 6.23. The first-order valence-electron chi connectivity index (χ1n) is 5.27. The van der Waals surface area contributed by atoms with Crippen LogP contribution in [0.1, 0.15) is 13.8 Å². The van der Waals surface area contributed by atoms with Gasteiger partial charge in [0.15, 0.2) is 0 Å². The summed E-state index contributed by atoms with van der Waals surface area (Å²) in [7, 11) is 0. The first-order chi connectivity index (χ1) is 8.73. The fraction of sp³-hybridized carbons (Fsp3) is 0.364. The van der Waals surface area contributed by atoms with E-state index in [4.69, 9.17) is 16.7 Å². The fourth-order valence-electron chi connectivity index (χ4n) is 1.36. The average Bonchev–Trinajstić information content (AvgIpc) is 2.28. The summed E-state index contributed by atoms with van der Waals surface area (Å²) in [4.78, 5) is 21.2. The van der Waals surface area contributed by atoms with E-state index >= 15 is 0 Å². The largest absolute Gasteiger partial charge is 0.480 e. The molecule has 1 rings (SSSR count). The standard InChI is InChI=1S/C11H11ClFNO4S/c1-5(2)10(11(15)16)19-9-4-7(13)6(12)3-8(9)14(17)18/h3-5,10H,1-2H3,(H,15,16). The zero-order valence-electron chi connectivity index (χ0n) is 10.1. The van der Waals surface area contributed by atoms with Crippen molar-refractivity contribution in [3.8, 4) is 0 Å². The molecule has 0 radical (unpaired) electrons. The Bertz CT molecular complexity index is 524. The molecule has 0 saturated carbocycles. The van der Waals surface area contributed by atoms with Crippen molar-refractivity contribution >= 4 is 35.0 Å². The fourth-order valence-corrected chi connectivity index (χ4v) is 2.59. The summed E-state index contributed by atoms with van der Waals surface area (Å²) in [6.45, 7) is 3.34. The molecule has 0 aliphatic carbocycles. The molecule has 19 heavy (non-hydrogen) atoms. The van der Waals surface area contributed by atoms with Crippen LogP contribution in [-0.4, -0.2) is 21.2 Å². The molecule has 0 saturated heterocycles. The number of carboxylic acids is 1. The van der Waals surface area contributed by atoms with Crippen molar-refractivity contribution in [3.63, 3.8) is 0 Å². The van der Waals surface area contributed by atoms with Crippen LogP contribution in [0.4, 0.5) is 10.1 Å². The minimum atomic E-state index is -1.11. The third kappa shape index (κ3) is 3.81. The van der Waals surface area contributed by atoms with Gasteiger partial charge in [-0.05, 0) is 12.0 Å². The van der Waals surface area contributed by atoms with Gasteiger partial charge in [0.1, 0.15) is 11.1 Å². The third-order valence-corrected chi connectivity index (χ3v) is 4.17. The minimum Gasteiger partial charge on any atom is -0.480 e. The number of carboxylic acid groups (broad SMARTS) is 1. The highest BCUT2D eigenvalue weighted by Crippen LogP contribution is 2.37. The molecule has 1 atom stereocenters. The van der Waals surface area contributed by atoms with Gasteiger partial charge in [-0.25, -0.2) is 4.39 Å². The van der Waals surface area contributed by atoms with Gasteiger partial charge in [-0.15, -0.1) is 11.8 Å². The number of carbonyl (C=O) groups is 1. The lowest BCUT2D eigenvalue weighted by Crippen LogP contribution is -2.22. The van der Waals surface area contributed by atoms with Gasteiger partial charge in [0, 0.05) is 6.07 Å². The van der Waals surface area contributed by atoms with Crippen molar-refractivity contribution in [2.24, 2.45) is 5.92 Å². The molecule has 0 aliphatic heterocycles. The van der Waals surface area contributed by atoms with Crippen molar-refractivity contribution in [3.05, 3.63) is 33.1 Å². The number of aliphatic carboxylic acids is 1. The summed E-state index contributed by atoms with van der Waals surface area (Å²) in [6.07, 6.45) is 0. The number of rotatable bonds is 5. The molecule has 0 bridgehead atoms. The van der Waals surface area contributed by atoms with Gasteiger partial charge in [-0.1, -0.05) is 25.4 Å². The van der Waals surface area contributed by atoms with Crippen LogP contribution in [0.25, 0.3) is 0 Å². The molecule has 0 spiro atoms. The molecule has 0 amide bonds. The Balaban J connectivity index is 3.22. The number of halogens is 2. The van der Waals surface area contributed by atoms with E-state index in [1.54, 1.807) is 13.8 Å². The Morgan fingerprint density at radius 3 is 2.53 bits per heavy atom. The van der Waals surface area contributed by atoms with E-state index in [0.717, 1.165) is 23.9 Å². The van der Waals surface area contributed by atoms with Gasteiger partial charge in [0.2, 0.25) is 0 Å². The van der Waals surface area contributed by atoms with E-state index in [0.29, 0.717) is 0 Å². The lowest BCUT2D eigenvalue weighted by atomic mass is 10.1. The summed E-state index contributed by atoms with van der Waals surface area (Å²) < 4.78 is 13.4. The molecule has 1 aromatic rings. The summed E-state index contributed by atoms with van der Waals surface area (Å²) in [5.74, 6) is -2.19. The predicted molar refractivity (Wildman–Crippen MR) is 70.2 cm³/mol. The molecule has 5 nitrogen and oxygen atoms in total. The van der Waals surface area contributed by atoms with Gasteiger partial charge < -0.3 is 5.11 Å². The van der Waals surface area contributed by atoms with Crippen LogP contribution in [-0.2, 0) is 4.79 Å². The third-order valence-electron chi connectivity index (χ3n) is 2.30. The van der Waals surface area contributed by atoms with Crippen molar-refractivity contribution in [2.75, 3.05) is 0 Å². The molecule has 0 fully saturated rings. The number of nitro groups is 1. The van der Waals surface area contributed by atoms with E-state index in [2.05, 4.69) is 0 Å². The zero-order chi connectivity index (χ0) is 14.7. The smallest absolute Gasteiger partial charge is 0.317 e. The summed E-state index contributed by atoms with van der Waals surface area (Å²) in [5.41, 5.74) is -0.400. The molecule has 0 heterocycles. The Morgan fingerprint density at radius 2 is 2.11 bits per heavy atom. The molecular formula is C11H11ClFNO4S. The van der Waals surface area contributed by atoms with Gasteiger partial charge in [0.25, 0.3) is 5.69 Å². The van der Waals surface area contributed by atoms with Crippen LogP contribution < -0.4 is 0 Å².